The number of benzene rings is 1. The molecule has 1 N–H and O–H groups in total. The van der Waals surface area contributed by atoms with Crippen molar-refractivity contribution in [3.8, 4) is 5.75 Å². The Kier molecular flexibility index (Phi) is 4.80. The van der Waals surface area contributed by atoms with Crippen molar-refractivity contribution >= 4 is 21.5 Å². The predicted molar refractivity (Wildman–Crippen MR) is 80.1 cm³/mol. The average molecular weight is 328 g/mol. The Labute approximate surface area is 128 Å². The first-order valence-corrected chi connectivity index (χ1v) is 8.53. The minimum absolute atomic E-state index is 0.0253. The summed E-state index contributed by atoms with van der Waals surface area (Å²) in [6.07, 6.45) is 0.305. The van der Waals surface area contributed by atoms with E-state index in [1.807, 2.05) is 0 Å². The summed E-state index contributed by atoms with van der Waals surface area (Å²) in [6.45, 7) is 1.62. The second-order valence-corrected chi connectivity index (χ2v) is 7.35. The van der Waals surface area contributed by atoms with Gasteiger partial charge in [0.1, 0.15) is 0 Å². The molecule has 0 radical (unpaired) electrons. The SMILES string of the molecule is COc1ccc(/C(C)=N\NC(=O)[C@H]2CCS(=O)(=O)C2)cc1F. The quantitative estimate of drug-likeness (QED) is 0.663. The summed E-state index contributed by atoms with van der Waals surface area (Å²) < 4.78 is 41.1. The normalized spacial score (nSPS) is 20.7. The van der Waals surface area contributed by atoms with Crippen LogP contribution in [0, 0.1) is 11.7 Å². The lowest BCUT2D eigenvalue weighted by molar-refractivity contribution is -0.124. The van der Waals surface area contributed by atoms with Gasteiger partial charge in [-0.25, -0.2) is 18.2 Å². The maximum atomic E-state index is 13.6. The number of carbonyl (C=O) groups is 1. The molecule has 0 aromatic heterocycles. The van der Waals surface area contributed by atoms with Gasteiger partial charge in [0.15, 0.2) is 21.4 Å². The summed E-state index contributed by atoms with van der Waals surface area (Å²) in [5.41, 5.74) is 3.25. The summed E-state index contributed by atoms with van der Waals surface area (Å²) in [7, 11) is -1.75. The number of carbonyl (C=O) groups excluding carboxylic acids is 1. The first-order valence-electron chi connectivity index (χ1n) is 6.71. The maximum Gasteiger partial charge on any atom is 0.244 e. The van der Waals surface area contributed by atoms with Crippen LogP contribution in [0.25, 0.3) is 0 Å². The number of hydrogen-bond donors (Lipinski definition) is 1. The van der Waals surface area contributed by atoms with Gasteiger partial charge in [0.25, 0.3) is 0 Å². The number of nitrogens with zero attached hydrogens (tertiary/aromatic N) is 1. The van der Waals surface area contributed by atoms with Gasteiger partial charge in [-0.3, -0.25) is 4.79 Å². The topological polar surface area (TPSA) is 84.8 Å². The molecule has 0 aliphatic carbocycles. The molecule has 2 rings (SSSR count). The van der Waals surface area contributed by atoms with Gasteiger partial charge in [-0.15, -0.1) is 0 Å². The highest BCUT2D eigenvalue weighted by atomic mass is 32.2. The third-order valence-corrected chi connectivity index (χ3v) is 5.27. The van der Waals surface area contributed by atoms with Crippen LogP contribution in [0.2, 0.25) is 0 Å². The van der Waals surface area contributed by atoms with Crippen LogP contribution in [0.3, 0.4) is 0 Å². The molecule has 1 aliphatic rings. The minimum atomic E-state index is -3.12. The maximum absolute atomic E-state index is 13.6. The number of rotatable bonds is 4. The van der Waals surface area contributed by atoms with E-state index in [4.69, 9.17) is 4.74 Å². The Hall–Kier alpha value is -1.96. The highest BCUT2D eigenvalue weighted by Crippen LogP contribution is 2.19. The number of ether oxygens (including phenoxy) is 1. The summed E-state index contributed by atoms with van der Waals surface area (Å²) in [5, 5.41) is 3.90. The number of hydrazone groups is 1. The van der Waals surface area contributed by atoms with Gasteiger partial charge >= 0.3 is 0 Å². The molecule has 1 saturated heterocycles. The summed E-state index contributed by atoms with van der Waals surface area (Å²) in [6, 6.07) is 4.34. The molecule has 1 aromatic rings. The van der Waals surface area contributed by atoms with Crippen molar-refractivity contribution in [3.63, 3.8) is 0 Å². The Morgan fingerprint density at radius 3 is 2.73 bits per heavy atom. The summed E-state index contributed by atoms with van der Waals surface area (Å²) in [5.74, 6) is -1.54. The fourth-order valence-electron chi connectivity index (χ4n) is 2.19. The zero-order valence-corrected chi connectivity index (χ0v) is 13.1. The molecule has 22 heavy (non-hydrogen) atoms. The van der Waals surface area contributed by atoms with Gasteiger partial charge < -0.3 is 4.74 Å². The first-order chi connectivity index (χ1) is 10.3. The molecule has 0 saturated carbocycles. The van der Waals surface area contributed by atoms with Crippen molar-refractivity contribution in [1.29, 1.82) is 0 Å². The lowest BCUT2D eigenvalue weighted by Gasteiger charge is -2.08. The van der Waals surface area contributed by atoms with Crippen molar-refractivity contribution in [2.45, 2.75) is 13.3 Å². The second kappa shape index (κ2) is 6.43. The van der Waals surface area contributed by atoms with Crippen molar-refractivity contribution in [1.82, 2.24) is 5.43 Å². The van der Waals surface area contributed by atoms with Gasteiger partial charge in [0, 0.05) is 5.56 Å². The van der Waals surface area contributed by atoms with E-state index in [2.05, 4.69) is 10.5 Å². The standard InChI is InChI=1S/C14H17FN2O4S/c1-9(10-3-4-13(21-2)12(15)7-10)16-17-14(18)11-5-6-22(19,20)8-11/h3-4,7,11H,5-6,8H2,1-2H3,(H,17,18)/b16-9-/t11-/m0/s1. The molecule has 0 bridgehead atoms. The van der Waals surface area contributed by atoms with Crippen LogP contribution >= 0.6 is 0 Å². The molecular weight excluding hydrogens is 311 g/mol. The van der Waals surface area contributed by atoms with E-state index in [-0.39, 0.29) is 17.3 Å². The highest BCUT2D eigenvalue weighted by molar-refractivity contribution is 7.91. The average Bonchev–Trinajstić information content (AvgIpc) is 2.84. The van der Waals surface area contributed by atoms with Gasteiger partial charge in [0.2, 0.25) is 5.91 Å². The van der Waals surface area contributed by atoms with E-state index in [0.29, 0.717) is 17.7 Å². The fraction of sp³-hybridized carbons (Fsp3) is 0.429. The van der Waals surface area contributed by atoms with Crippen molar-refractivity contribution < 1.29 is 22.3 Å². The number of halogens is 1. The Morgan fingerprint density at radius 1 is 1.45 bits per heavy atom. The third-order valence-electron chi connectivity index (χ3n) is 3.51. The van der Waals surface area contributed by atoms with Crippen LogP contribution in [-0.4, -0.2) is 38.7 Å². The number of nitrogens with one attached hydrogen (secondary N) is 1. The molecule has 1 fully saturated rings. The molecule has 0 unspecified atom stereocenters. The van der Waals surface area contributed by atoms with Crippen LogP contribution in [0.1, 0.15) is 18.9 Å². The molecule has 8 heteroatoms. The summed E-state index contributed by atoms with van der Waals surface area (Å²) >= 11 is 0. The van der Waals surface area contributed by atoms with Gasteiger partial charge in [0.05, 0.1) is 30.2 Å². The van der Waals surface area contributed by atoms with Crippen LogP contribution in [0.15, 0.2) is 23.3 Å². The molecule has 1 atom stereocenters. The van der Waals surface area contributed by atoms with E-state index >= 15 is 0 Å². The molecule has 6 nitrogen and oxygen atoms in total. The predicted octanol–water partition coefficient (Wildman–Crippen LogP) is 1.11. The molecular formula is C14H17FN2O4S. The van der Waals surface area contributed by atoms with Crippen molar-refractivity contribution in [2.24, 2.45) is 11.0 Å². The zero-order chi connectivity index (χ0) is 16.3. The Morgan fingerprint density at radius 2 is 2.18 bits per heavy atom. The Bertz CT molecular complexity index is 716. The number of sulfone groups is 1. The van der Waals surface area contributed by atoms with Gasteiger partial charge in [-0.05, 0) is 31.5 Å². The number of methoxy groups -OCH3 is 1. The lowest BCUT2D eigenvalue weighted by Crippen LogP contribution is -2.28. The van der Waals surface area contributed by atoms with Gasteiger partial charge in [-0.1, -0.05) is 0 Å². The molecule has 120 valence electrons. The smallest absolute Gasteiger partial charge is 0.244 e. The molecule has 1 heterocycles. The first kappa shape index (κ1) is 16.4. The van der Waals surface area contributed by atoms with E-state index < -0.39 is 27.5 Å². The molecule has 1 aromatic carbocycles. The monoisotopic (exact) mass is 328 g/mol. The van der Waals surface area contributed by atoms with E-state index in [0.717, 1.165) is 0 Å². The van der Waals surface area contributed by atoms with Gasteiger partial charge in [-0.2, -0.15) is 5.10 Å². The van der Waals surface area contributed by atoms with Crippen LogP contribution in [0.5, 0.6) is 5.75 Å². The molecule has 0 spiro atoms. The van der Waals surface area contributed by atoms with E-state index in [1.165, 1.54) is 19.2 Å². The number of hydrogen-bond acceptors (Lipinski definition) is 5. The van der Waals surface area contributed by atoms with Crippen molar-refractivity contribution in [2.75, 3.05) is 18.6 Å². The van der Waals surface area contributed by atoms with Crippen molar-refractivity contribution in [3.05, 3.63) is 29.6 Å². The highest BCUT2D eigenvalue weighted by Gasteiger charge is 2.32. The largest absolute Gasteiger partial charge is 0.494 e. The lowest BCUT2D eigenvalue weighted by atomic mass is 10.1. The Balaban J connectivity index is 2.03. The van der Waals surface area contributed by atoms with Crippen LogP contribution in [0.4, 0.5) is 4.39 Å². The summed E-state index contributed by atoms with van der Waals surface area (Å²) in [4.78, 5) is 11.9. The fourth-order valence-corrected chi connectivity index (χ4v) is 3.93. The number of amides is 1. The molecule has 1 aliphatic heterocycles. The third kappa shape index (κ3) is 3.82. The van der Waals surface area contributed by atoms with Crippen LogP contribution in [-0.2, 0) is 14.6 Å². The van der Waals surface area contributed by atoms with E-state index in [1.54, 1.807) is 13.0 Å². The van der Waals surface area contributed by atoms with E-state index in [9.17, 15) is 17.6 Å². The second-order valence-electron chi connectivity index (χ2n) is 5.12. The molecule has 1 amide bonds. The minimum Gasteiger partial charge on any atom is -0.494 e. The zero-order valence-electron chi connectivity index (χ0n) is 12.3. The van der Waals surface area contributed by atoms with Crippen LogP contribution < -0.4 is 10.2 Å².